The van der Waals surface area contributed by atoms with Crippen molar-refractivity contribution in [1.29, 1.82) is 0 Å². The summed E-state index contributed by atoms with van der Waals surface area (Å²) >= 11 is 0. The highest BCUT2D eigenvalue weighted by atomic mass is 35.5. The maximum atomic E-state index is 11.2. The van der Waals surface area contributed by atoms with Crippen LogP contribution in [0.4, 0.5) is 21.9 Å². The van der Waals surface area contributed by atoms with Gasteiger partial charge in [-0.2, -0.15) is 0 Å². The number of nitrogens with one attached hydrogen (secondary N) is 1. The number of rotatable bonds is 4. The van der Waals surface area contributed by atoms with E-state index in [0.29, 0.717) is 6.61 Å². The van der Waals surface area contributed by atoms with E-state index in [4.69, 9.17) is 4.74 Å². The molecule has 3 N–H and O–H groups in total. The number of nitrogens with two attached hydrogens (primary N) is 1. The average molecular weight is 293 g/mol. The second-order valence-electron chi connectivity index (χ2n) is 4.02. The number of para-hydroxylation sites is 1. The van der Waals surface area contributed by atoms with Crippen molar-refractivity contribution in [2.45, 2.75) is 6.92 Å². The fourth-order valence-corrected chi connectivity index (χ4v) is 1.69. The lowest BCUT2D eigenvalue weighted by molar-refractivity contribution is -0.478. The van der Waals surface area contributed by atoms with Gasteiger partial charge in [-0.1, -0.05) is 18.2 Å². The van der Waals surface area contributed by atoms with Crippen LogP contribution in [0.2, 0.25) is 0 Å². The summed E-state index contributed by atoms with van der Waals surface area (Å²) in [7, 11) is 0. The first kappa shape index (κ1) is 16.0. The maximum Gasteiger partial charge on any atom is 0.411 e. The smallest absolute Gasteiger partial charge is 0.411 e. The Balaban J connectivity index is 0.00000200. The van der Waals surface area contributed by atoms with Crippen LogP contribution in [0.25, 0.3) is 0 Å². The molecule has 4 nitrogen and oxygen atoms in total. The van der Waals surface area contributed by atoms with E-state index in [2.05, 4.69) is 10.6 Å². The number of carbonyl (C=O) groups excluding carboxylic acids is 1. The molecule has 0 saturated heterocycles. The zero-order valence-electron chi connectivity index (χ0n) is 11.2. The van der Waals surface area contributed by atoms with Crippen molar-refractivity contribution in [2.24, 2.45) is 0 Å². The van der Waals surface area contributed by atoms with E-state index in [1.54, 1.807) is 6.92 Å². The zero-order chi connectivity index (χ0) is 13.5. The van der Waals surface area contributed by atoms with Gasteiger partial charge in [0.15, 0.2) is 0 Å². The van der Waals surface area contributed by atoms with Crippen LogP contribution in [-0.4, -0.2) is 12.7 Å². The number of anilines is 1. The highest BCUT2D eigenvalue weighted by Crippen LogP contribution is 2.11. The standard InChI is InChI=1S/C15H16N2O2.ClH/c1-2-19-15(18)17-14-10-8-13(9-11-14)16-12-6-4-3-5-7-12;/h3-11,16H,2H2,1H3,(H,17,18);1H. The molecule has 0 radical (unpaired) electrons. The normalized spacial score (nSPS) is 9.45. The fourth-order valence-electron chi connectivity index (χ4n) is 1.69. The number of hydrogen-bond acceptors (Lipinski definition) is 2. The third-order valence-electron chi connectivity index (χ3n) is 2.57. The zero-order valence-corrected chi connectivity index (χ0v) is 11.9. The lowest BCUT2D eigenvalue weighted by Crippen LogP contribution is -3.00. The van der Waals surface area contributed by atoms with Crippen LogP contribution in [0, 0.1) is 0 Å². The van der Waals surface area contributed by atoms with Crippen LogP contribution in [-0.2, 0) is 4.74 Å². The Kier molecular flexibility index (Phi) is 6.56. The van der Waals surface area contributed by atoms with Crippen LogP contribution in [0.5, 0.6) is 0 Å². The highest BCUT2D eigenvalue weighted by Gasteiger charge is 2.03. The molecule has 1 amide bonds. The van der Waals surface area contributed by atoms with Gasteiger partial charge in [-0.15, -0.1) is 0 Å². The minimum absolute atomic E-state index is 0. The number of benzene rings is 2. The molecule has 0 atom stereocenters. The minimum atomic E-state index is -0.428. The molecule has 0 fully saturated rings. The first-order valence-corrected chi connectivity index (χ1v) is 6.21. The third kappa shape index (κ3) is 4.91. The van der Waals surface area contributed by atoms with Crippen molar-refractivity contribution in [2.75, 3.05) is 11.9 Å². The summed E-state index contributed by atoms with van der Waals surface area (Å²) in [5.41, 5.74) is 2.96. The fraction of sp³-hybridized carbons (Fsp3) is 0.133. The molecule has 106 valence electrons. The predicted octanol–water partition coefficient (Wildman–Crippen LogP) is -0.214. The van der Waals surface area contributed by atoms with Crippen molar-refractivity contribution in [1.82, 2.24) is 0 Å². The Morgan fingerprint density at radius 3 is 2.25 bits per heavy atom. The third-order valence-corrected chi connectivity index (χ3v) is 2.57. The molecule has 5 heteroatoms. The van der Waals surface area contributed by atoms with Gasteiger partial charge in [-0.3, -0.25) is 10.6 Å². The Labute approximate surface area is 124 Å². The van der Waals surface area contributed by atoms with Crippen LogP contribution < -0.4 is 23.0 Å². The Hall–Kier alpha value is -2.04. The summed E-state index contributed by atoms with van der Waals surface area (Å²) in [4.78, 5) is 11.2. The first-order chi connectivity index (χ1) is 9.28. The summed E-state index contributed by atoms with van der Waals surface area (Å²) in [5, 5.41) is 4.74. The molecule has 0 heterocycles. The predicted molar refractivity (Wildman–Crippen MR) is 74.8 cm³/mol. The quantitative estimate of drug-likeness (QED) is 0.766. The summed E-state index contributed by atoms with van der Waals surface area (Å²) in [6.07, 6.45) is -0.428. The van der Waals surface area contributed by atoms with E-state index in [1.807, 2.05) is 54.6 Å². The minimum Gasteiger partial charge on any atom is -1.00 e. The summed E-state index contributed by atoms with van der Waals surface area (Å²) in [5.74, 6) is 0. The monoisotopic (exact) mass is 292 g/mol. The molecule has 0 bridgehead atoms. The molecule has 0 spiro atoms. The van der Waals surface area contributed by atoms with Crippen LogP contribution >= 0.6 is 0 Å². The maximum absolute atomic E-state index is 11.2. The topological polar surface area (TPSA) is 54.9 Å². The number of quaternary nitrogens is 1. The number of ether oxygens (including phenoxy) is 1. The number of carbonyl (C=O) groups is 1. The first-order valence-electron chi connectivity index (χ1n) is 6.21. The summed E-state index contributed by atoms with van der Waals surface area (Å²) in [6.45, 7) is 2.14. The molecular weight excluding hydrogens is 276 g/mol. The second-order valence-corrected chi connectivity index (χ2v) is 4.02. The van der Waals surface area contributed by atoms with Gasteiger partial charge < -0.3 is 17.1 Å². The van der Waals surface area contributed by atoms with Gasteiger partial charge in [-0.25, -0.2) is 4.79 Å². The molecule has 20 heavy (non-hydrogen) atoms. The summed E-state index contributed by atoms with van der Waals surface area (Å²) in [6, 6.07) is 17.7. The molecule has 0 aliphatic carbocycles. The van der Waals surface area contributed by atoms with E-state index >= 15 is 0 Å². The van der Waals surface area contributed by atoms with E-state index < -0.39 is 6.09 Å². The van der Waals surface area contributed by atoms with Crippen LogP contribution in [0.3, 0.4) is 0 Å². The van der Waals surface area contributed by atoms with Crippen LogP contribution in [0.15, 0.2) is 54.6 Å². The Morgan fingerprint density at radius 2 is 1.65 bits per heavy atom. The SMILES string of the molecule is CCOC(=O)Nc1ccc([NH2+]c2ccccc2)cc1.[Cl-]. The van der Waals surface area contributed by atoms with Crippen molar-refractivity contribution >= 4 is 23.2 Å². The van der Waals surface area contributed by atoms with Gasteiger partial charge in [0.05, 0.1) is 6.61 Å². The van der Waals surface area contributed by atoms with Gasteiger partial charge >= 0.3 is 6.09 Å². The van der Waals surface area contributed by atoms with Gasteiger partial charge in [0.25, 0.3) is 0 Å². The molecular formula is C15H17ClN2O2. The van der Waals surface area contributed by atoms with E-state index in [1.165, 1.54) is 0 Å². The van der Waals surface area contributed by atoms with Crippen molar-refractivity contribution in [3.05, 3.63) is 54.6 Å². The van der Waals surface area contributed by atoms with Gasteiger partial charge in [0, 0.05) is 17.8 Å². The van der Waals surface area contributed by atoms with Gasteiger partial charge in [0.1, 0.15) is 11.4 Å². The molecule has 2 rings (SSSR count). The van der Waals surface area contributed by atoms with Gasteiger partial charge in [-0.05, 0) is 31.2 Å². The largest absolute Gasteiger partial charge is 1.00 e. The molecule has 0 aliphatic heterocycles. The van der Waals surface area contributed by atoms with Crippen molar-refractivity contribution in [3.8, 4) is 0 Å². The Bertz CT molecular complexity index is 529. The van der Waals surface area contributed by atoms with Crippen LogP contribution in [0.1, 0.15) is 6.92 Å². The van der Waals surface area contributed by atoms with Crippen molar-refractivity contribution < 1.29 is 27.3 Å². The Morgan fingerprint density at radius 1 is 1.05 bits per heavy atom. The number of hydrogen-bond donors (Lipinski definition) is 2. The molecule has 0 unspecified atom stereocenters. The molecule has 2 aromatic rings. The van der Waals surface area contributed by atoms with E-state index in [-0.39, 0.29) is 12.4 Å². The summed E-state index contributed by atoms with van der Waals surface area (Å²) < 4.78 is 4.81. The van der Waals surface area contributed by atoms with E-state index in [0.717, 1.165) is 17.1 Å². The lowest BCUT2D eigenvalue weighted by atomic mass is 10.2. The number of halogens is 1. The van der Waals surface area contributed by atoms with Crippen molar-refractivity contribution in [3.63, 3.8) is 0 Å². The average Bonchev–Trinajstić information content (AvgIpc) is 2.42. The molecule has 0 aliphatic rings. The molecule has 2 aromatic carbocycles. The number of amides is 1. The van der Waals surface area contributed by atoms with Gasteiger partial charge in [0.2, 0.25) is 0 Å². The van der Waals surface area contributed by atoms with E-state index in [9.17, 15) is 4.79 Å². The lowest BCUT2D eigenvalue weighted by Gasteiger charge is -2.05. The highest BCUT2D eigenvalue weighted by molar-refractivity contribution is 5.84. The second kappa shape index (κ2) is 8.19. The molecule has 0 aromatic heterocycles. The molecule has 0 saturated carbocycles.